The van der Waals surface area contributed by atoms with Gasteiger partial charge in [-0.05, 0) is 45.0 Å². The largest absolute Gasteiger partial charge is 0.397 e. The molecule has 0 saturated carbocycles. The summed E-state index contributed by atoms with van der Waals surface area (Å²) in [6, 6.07) is 7.80. The van der Waals surface area contributed by atoms with E-state index >= 15 is 0 Å². The average Bonchev–Trinajstić information content (AvgIpc) is 2.45. The fourth-order valence-corrected chi connectivity index (χ4v) is 2.36. The molecule has 1 amide bonds. The van der Waals surface area contributed by atoms with Gasteiger partial charge in [-0.3, -0.25) is 9.78 Å². The molecule has 21 heavy (non-hydrogen) atoms. The highest BCUT2D eigenvalue weighted by Crippen LogP contribution is 2.29. The third kappa shape index (κ3) is 3.42. The Morgan fingerprint density at radius 1 is 1.38 bits per heavy atom. The number of hydrogen-bond donors (Lipinski definition) is 2. The van der Waals surface area contributed by atoms with Crippen LogP contribution in [0.5, 0.6) is 0 Å². The topological polar surface area (TPSA) is 71.2 Å². The summed E-state index contributed by atoms with van der Waals surface area (Å²) in [6.45, 7) is 7.00. The second kappa shape index (κ2) is 6.43. The average molecular weight is 286 g/mol. The van der Waals surface area contributed by atoms with E-state index in [9.17, 15) is 4.79 Å². The van der Waals surface area contributed by atoms with Crippen LogP contribution in [0.2, 0.25) is 0 Å². The van der Waals surface area contributed by atoms with Gasteiger partial charge in [0.2, 0.25) is 5.91 Å². The quantitative estimate of drug-likeness (QED) is 0.826. The Morgan fingerprint density at radius 2 is 2.14 bits per heavy atom. The lowest BCUT2D eigenvalue weighted by atomic mass is 10.1. The van der Waals surface area contributed by atoms with Crippen LogP contribution in [0.15, 0.2) is 30.5 Å². The van der Waals surface area contributed by atoms with E-state index in [0.717, 1.165) is 23.1 Å². The van der Waals surface area contributed by atoms with E-state index in [1.807, 2.05) is 49.9 Å². The lowest BCUT2D eigenvalue weighted by Gasteiger charge is -2.24. The summed E-state index contributed by atoms with van der Waals surface area (Å²) in [5, 5.41) is 3.88. The van der Waals surface area contributed by atoms with Crippen LogP contribution in [0, 0.1) is 0 Å². The van der Waals surface area contributed by atoms with E-state index in [2.05, 4.69) is 10.3 Å². The molecule has 0 aliphatic carbocycles. The van der Waals surface area contributed by atoms with Gasteiger partial charge in [-0.1, -0.05) is 0 Å². The lowest BCUT2D eigenvalue weighted by molar-refractivity contribution is -0.120. The van der Waals surface area contributed by atoms with Crippen molar-refractivity contribution in [2.24, 2.45) is 0 Å². The Balaban J connectivity index is 2.34. The summed E-state index contributed by atoms with van der Waals surface area (Å²) in [6.07, 6.45) is 1.73. The zero-order chi connectivity index (χ0) is 15.4. The van der Waals surface area contributed by atoms with Crippen molar-refractivity contribution < 1.29 is 4.79 Å². The van der Waals surface area contributed by atoms with Gasteiger partial charge in [0, 0.05) is 29.9 Å². The highest BCUT2D eigenvalue weighted by atomic mass is 16.2. The molecule has 1 heterocycles. The predicted molar refractivity (Wildman–Crippen MR) is 87.3 cm³/mol. The van der Waals surface area contributed by atoms with Crippen LogP contribution >= 0.6 is 0 Å². The number of benzene rings is 1. The van der Waals surface area contributed by atoms with Gasteiger partial charge in [0.15, 0.2) is 0 Å². The van der Waals surface area contributed by atoms with Crippen molar-refractivity contribution in [1.82, 2.24) is 10.3 Å². The number of amides is 1. The maximum Gasteiger partial charge on any atom is 0.239 e. The minimum Gasteiger partial charge on any atom is -0.397 e. The van der Waals surface area contributed by atoms with Gasteiger partial charge in [-0.15, -0.1) is 0 Å². The molecule has 0 saturated heterocycles. The molecule has 0 fully saturated rings. The number of nitrogens with zero attached hydrogens (tertiary/aromatic N) is 2. The van der Waals surface area contributed by atoms with Crippen molar-refractivity contribution >= 4 is 28.2 Å². The number of anilines is 2. The molecule has 0 aliphatic heterocycles. The maximum absolute atomic E-state index is 12.0. The molecule has 5 heteroatoms. The molecular weight excluding hydrogens is 264 g/mol. The first-order valence-corrected chi connectivity index (χ1v) is 7.20. The molecule has 5 nitrogen and oxygen atoms in total. The molecule has 112 valence electrons. The molecular formula is C16H22N4O. The van der Waals surface area contributed by atoms with E-state index in [4.69, 9.17) is 5.73 Å². The van der Waals surface area contributed by atoms with Crippen LogP contribution in [0.25, 0.3) is 10.9 Å². The van der Waals surface area contributed by atoms with Crippen LogP contribution in [0.3, 0.4) is 0 Å². The molecule has 0 atom stereocenters. The number of carbonyl (C=O) groups is 1. The lowest BCUT2D eigenvalue weighted by Crippen LogP contribution is -2.40. The van der Waals surface area contributed by atoms with Gasteiger partial charge in [0.25, 0.3) is 0 Å². The van der Waals surface area contributed by atoms with E-state index in [1.54, 1.807) is 6.20 Å². The smallest absolute Gasteiger partial charge is 0.239 e. The number of nitrogens with one attached hydrogen (secondary N) is 1. The van der Waals surface area contributed by atoms with Crippen molar-refractivity contribution in [3.05, 3.63) is 30.5 Å². The van der Waals surface area contributed by atoms with Crippen LogP contribution in [-0.4, -0.2) is 30.0 Å². The van der Waals surface area contributed by atoms with Crippen LogP contribution < -0.4 is 16.0 Å². The number of fused-ring (bicyclic) bond motifs is 1. The zero-order valence-corrected chi connectivity index (χ0v) is 12.8. The summed E-state index contributed by atoms with van der Waals surface area (Å²) in [5.74, 6) is 0.0146. The van der Waals surface area contributed by atoms with Gasteiger partial charge in [0.1, 0.15) is 0 Å². The third-order valence-corrected chi connectivity index (χ3v) is 3.28. The summed E-state index contributed by atoms with van der Waals surface area (Å²) in [7, 11) is 0. The molecule has 0 radical (unpaired) electrons. The normalized spacial score (nSPS) is 10.9. The van der Waals surface area contributed by atoms with E-state index < -0.39 is 0 Å². The first-order valence-electron chi connectivity index (χ1n) is 7.20. The van der Waals surface area contributed by atoms with Crippen molar-refractivity contribution in [3.8, 4) is 0 Å². The van der Waals surface area contributed by atoms with Crippen molar-refractivity contribution in [3.63, 3.8) is 0 Å². The Bertz CT molecular complexity index is 639. The number of nitrogens with two attached hydrogens (primary N) is 1. The number of nitrogen functional groups attached to an aromatic ring is 1. The Morgan fingerprint density at radius 3 is 2.81 bits per heavy atom. The first kappa shape index (κ1) is 15.1. The molecule has 1 aromatic heterocycles. The van der Waals surface area contributed by atoms with Gasteiger partial charge in [0.05, 0.1) is 17.7 Å². The number of hydrogen-bond acceptors (Lipinski definition) is 4. The van der Waals surface area contributed by atoms with Gasteiger partial charge >= 0.3 is 0 Å². The minimum absolute atomic E-state index is 0.0146. The number of likely N-dealkylation sites (N-methyl/N-ethyl adjacent to an activating group) is 1. The SMILES string of the molecule is CCN(CC(=O)NC(C)C)c1ccc(N)c2ncccc12. The van der Waals surface area contributed by atoms with Crippen molar-refractivity contribution in [2.75, 3.05) is 23.7 Å². The van der Waals surface area contributed by atoms with Crippen molar-refractivity contribution in [1.29, 1.82) is 0 Å². The molecule has 0 unspecified atom stereocenters. The fourth-order valence-electron chi connectivity index (χ4n) is 2.36. The minimum atomic E-state index is 0.0146. The molecule has 3 N–H and O–H groups in total. The summed E-state index contributed by atoms with van der Waals surface area (Å²) >= 11 is 0. The first-order chi connectivity index (χ1) is 10.0. The number of aromatic nitrogens is 1. The van der Waals surface area contributed by atoms with Crippen LogP contribution in [0.4, 0.5) is 11.4 Å². The van der Waals surface area contributed by atoms with Crippen LogP contribution in [0.1, 0.15) is 20.8 Å². The standard InChI is InChI=1S/C16H22N4O/c1-4-20(10-15(21)19-11(2)3)14-8-7-13(17)16-12(14)6-5-9-18-16/h5-9,11H,4,10,17H2,1-3H3,(H,19,21). The number of carbonyl (C=O) groups excluding carboxylic acids is 1. The molecule has 2 rings (SSSR count). The van der Waals surface area contributed by atoms with Gasteiger partial charge in [-0.2, -0.15) is 0 Å². The molecule has 1 aromatic carbocycles. The second-order valence-corrected chi connectivity index (χ2v) is 5.31. The van der Waals surface area contributed by atoms with E-state index in [0.29, 0.717) is 12.2 Å². The van der Waals surface area contributed by atoms with Crippen LogP contribution in [-0.2, 0) is 4.79 Å². The second-order valence-electron chi connectivity index (χ2n) is 5.31. The number of pyridine rings is 1. The van der Waals surface area contributed by atoms with Gasteiger partial charge < -0.3 is 16.0 Å². The van der Waals surface area contributed by atoms with E-state index in [-0.39, 0.29) is 11.9 Å². The van der Waals surface area contributed by atoms with E-state index in [1.165, 1.54) is 0 Å². The number of rotatable bonds is 5. The fraction of sp³-hybridized carbons (Fsp3) is 0.375. The van der Waals surface area contributed by atoms with Gasteiger partial charge in [-0.25, -0.2) is 0 Å². The zero-order valence-electron chi connectivity index (χ0n) is 12.8. The maximum atomic E-state index is 12.0. The van der Waals surface area contributed by atoms with Crippen molar-refractivity contribution in [2.45, 2.75) is 26.8 Å². The Kier molecular flexibility index (Phi) is 4.62. The third-order valence-electron chi connectivity index (χ3n) is 3.28. The Labute approximate surface area is 125 Å². The Hall–Kier alpha value is -2.30. The molecule has 0 aliphatic rings. The molecule has 0 spiro atoms. The summed E-state index contributed by atoms with van der Waals surface area (Å²) in [4.78, 5) is 18.4. The predicted octanol–water partition coefficient (Wildman–Crippen LogP) is 2.17. The highest BCUT2D eigenvalue weighted by Gasteiger charge is 2.14. The summed E-state index contributed by atoms with van der Waals surface area (Å²) < 4.78 is 0. The summed E-state index contributed by atoms with van der Waals surface area (Å²) in [5.41, 5.74) is 8.38. The highest BCUT2D eigenvalue weighted by molar-refractivity contribution is 5.99. The molecule has 0 bridgehead atoms. The monoisotopic (exact) mass is 286 g/mol. The molecule has 2 aromatic rings.